The van der Waals surface area contributed by atoms with Crippen molar-refractivity contribution in [2.75, 3.05) is 18.5 Å². The van der Waals surface area contributed by atoms with Gasteiger partial charge in [0.2, 0.25) is 0 Å². The zero-order chi connectivity index (χ0) is 17.4. The second-order valence-electron chi connectivity index (χ2n) is 5.34. The smallest absolute Gasteiger partial charge is 0.292 e. The highest BCUT2D eigenvalue weighted by Crippen LogP contribution is 2.23. The summed E-state index contributed by atoms with van der Waals surface area (Å²) < 4.78 is 5.46. The number of nitrogens with one attached hydrogen (secondary N) is 1. The molecule has 2 aromatic rings. The minimum Gasteiger partial charge on any atom is -0.491 e. The van der Waals surface area contributed by atoms with Crippen LogP contribution in [0.25, 0.3) is 0 Å². The van der Waals surface area contributed by atoms with Crippen LogP contribution in [-0.2, 0) is 0 Å². The van der Waals surface area contributed by atoms with Crippen molar-refractivity contribution < 1.29 is 14.8 Å². The molecule has 2 unspecified atom stereocenters. The summed E-state index contributed by atoms with van der Waals surface area (Å²) in [6.07, 6.45) is -0.372. The molecule has 4 N–H and O–H groups in total. The minimum absolute atomic E-state index is 0.0130. The summed E-state index contributed by atoms with van der Waals surface area (Å²) in [5.41, 5.74) is 6.39. The number of nitrogens with zero attached hydrogens (tertiary/aromatic N) is 1. The Bertz CT molecular complexity index is 651. The lowest BCUT2D eigenvalue weighted by molar-refractivity contribution is -0.384. The molecule has 0 aliphatic rings. The van der Waals surface area contributed by atoms with Gasteiger partial charge >= 0.3 is 0 Å². The quantitative estimate of drug-likeness (QED) is 0.480. The third-order valence-electron chi connectivity index (χ3n) is 3.55. The van der Waals surface area contributed by atoms with Crippen LogP contribution in [0.1, 0.15) is 6.42 Å². The summed E-state index contributed by atoms with van der Waals surface area (Å²) in [5.74, 6) is 0.668. The Morgan fingerprint density at radius 2 is 1.83 bits per heavy atom. The zero-order valence-electron chi connectivity index (χ0n) is 13.2. The molecule has 0 aliphatic heterocycles. The summed E-state index contributed by atoms with van der Waals surface area (Å²) in [4.78, 5) is 10.5. The molecule has 128 valence electrons. The van der Waals surface area contributed by atoms with Crippen LogP contribution in [0, 0.1) is 10.1 Å². The van der Waals surface area contributed by atoms with Crippen LogP contribution in [0.2, 0.25) is 0 Å². The third-order valence-corrected chi connectivity index (χ3v) is 3.55. The highest BCUT2D eigenvalue weighted by Gasteiger charge is 2.16. The molecule has 24 heavy (non-hydrogen) atoms. The van der Waals surface area contributed by atoms with Crippen molar-refractivity contribution in [2.45, 2.75) is 18.6 Å². The van der Waals surface area contributed by atoms with E-state index in [4.69, 9.17) is 10.5 Å². The average Bonchev–Trinajstić information content (AvgIpc) is 2.60. The molecule has 2 rings (SSSR count). The summed E-state index contributed by atoms with van der Waals surface area (Å²) in [7, 11) is 0. The van der Waals surface area contributed by atoms with Crippen molar-refractivity contribution in [3.8, 4) is 5.75 Å². The van der Waals surface area contributed by atoms with Gasteiger partial charge in [-0.3, -0.25) is 10.1 Å². The van der Waals surface area contributed by atoms with Gasteiger partial charge in [0.25, 0.3) is 5.69 Å². The molecule has 0 bridgehead atoms. The topological polar surface area (TPSA) is 111 Å². The number of nitro benzene ring substituents is 1. The van der Waals surface area contributed by atoms with E-state index in [9.17, 15) is 15.2 Å². The minimum atomic E-state index is -0.822. The van der Waals surface area contributed by atoms with Gasteiger partial charge in [0.15, 0.2) is 0 Å². The Labute approximate surface area is 140 Å². The second-order valence-corrected chi connectivity index (χ2v) is 5.34. The molecule has 7 nitrogen and oxygen atoms in total. The van der Waals surface area contributed by atoms with Gasteiger partial charge in [0.05, 0.1) is 4.92 Å². The van der Waals surface area contributed by atoms with Gasteiger partial charge < -0.3 is 20.9 Å². The van der Waals surface area contributed by atoms with Crippen molar-refractivity contribution in [3.05, 3.63) is 64.7 Å². The first-order chi connectivity index (χ1) is 11.6. The number of aliphatic hydroxyl groups is 1. The molecule has 0 saturated carbocycles. The Hall–Kier alpha value is -2.64. The normalized spacial score (nSPS) is 13.1. The molecule has 2 atom stereocenters. The van der Waals surface area contributed by atoms with E-state index in [1.165, 1.54) is 6.07 Å². The fourth-order valence-electron chi connectivity index (χ4n) is 2.17. The molecule has 0 aromatic heterocycles. The van der Waals surface area contributed by atoms with Gasteiger partial charge in [-0.05, 0) is 24.6 Å². The maximum Gasteiger partial charge on any atom is 0.292 e. The van der Waals surface area contributed by atoms with Gasteiger partial charge in [0.1, 0.15) is 24.1 Å². The zero-order valence-corrected chi connectivity index (χ0v) is 13.2. The van der Waals surface area contributed by atoms with Crippen molar-refractivity contribution >= 4 is 11.4 Å². The summed E-state index contributed by atoms with van der Waals surface area (Å²) in [6, 6.07) is 15.1. The molecule has 7 heteroatoms. The lowest BCUT2D eigenvalue weighted by atomic mass is 10.1. The Balaban J connectivity index is 1.76. The largest absolute Gasteiger partial charge is 0.491 e. The predicted octanol–water partition coefficient (Wildman–Crippen LogP) is 2.16. The number of para-hydroxylation sites is 3. The van der Waals surface area contributed by atoms with E-state index in [-0.39, 0.29) is 12.3 Å². The molecule has 2 aromatic carbocycles. The molecule has 0 saturated heterocycles. The molecular weight excluding hydrogens is 310 g/mol. The third kappa shape index (κ3) is 5.22. The van der Waals surface area contributed by atoms with Gasteiger partial charge in [-0.15, -0.1) is 0 Å². The Kier molecular flexibility index (Phi) is 6.53. The van der Waals surface area contributed by atoms with Gasteiger partial charge in [-0.25, -0.2) is 0 Å². The lowest BCUT2D eigenvalue weighted by Gasteiger charge is -2.19. The van der Waals surface area contributed by atoms with Crippen LogP contribution in [0.3, 0.4) is 0 Å². The number of aliphatic hydroxyl groups excluding tert-OH is 1. The fourth-order valence-corrected chi connectivity index (χ4v) is 2.17. The van der Waals surface area contributed by atoms with Gasteiger partial charge in [-0.1, -0.05) is 30.3 Å². The van der Waals surface area contributed by atoms with Crippen molar-refractivity contribution in [3.63, 3.8) is 0 Å². The van der Waals surface area contributed by atoms with Crippen LogP contribution in [0.15, 0.2) is 54.6 Å². The Morgan fingerprint density at radius 3 is 2.54 bits per heavy atom. The number of nitrogens with two attached hydrogens (primary N) is 1. The lowest BCUT2D eigenvalue weighted by Crippen LogP contribution is -2.40. The van der Waals surface area contributed by atoms with Gasteiger partial charge in [0, 0.05) is 18.7 Å². The van der Waals surface area contributed by atoms with E-state index in [0.29, 0.717) is 24.4 Å². The van der Waals surface area contributed by atoms with Crippen LogP contribution < -0.4 is 15.8 Å². The molecule has 0 aliphatic carbocycles. The highest BCUT2D eigenvalue weighted by molar-refractivity contribution is 5.60. The number of anilines is 1. The number of ether oxygens (including phenoxy) is 1. The maximum atomic E-state index is 10.9. The summed E-state index contributed by atoms with van der Waals surface area (Å²) in [5, 5.41) is 23.9. The summed E-state index contributed by atoms with van der Waals surface area (Å²) >= 11 is 0. The standard InChI is InChI=1S/C17H21N3O4/c18-14(17(21)12-24-13-6-2-1-3-7-13)10-11-19-15-8-4-5-9-16(15)20(22)23/h1-9,14,17,19,21H,10-12,18H2. The number of benzene rings is 2. The SMILES string of the molecule is NC(CCNc1ccccc1[N+](=O)[O-])C(O)COc1ccccc1. The maximum absolute atomic E-state index is 10.9. The van der Waals surface area contributed by atoms with Crippen molar-refractivity contribution in [2.24, 2.45) is 5.73 Å². The Morgan fingerprint density at radius 1 is 1.17 bits per heavy atom. The van der Waals surface area contributed by atoms with Crippen molar-refractivity contribution in [1.82, 2.24) is 0 Å². The molecule has 0 spiro atoms. The number of nitro groups is 1. The van der Waals surface area contributed by atoms with Crippen LogP contribution in [-0.4, -0.2) is 35.3 Å². The van der Waals surface area contributed by atoms with Crippen molar-refractivity contribution in [1.29, 1.82) is 0 Å². The van der Waals surface area contributed by atoms with E-state index in [0.717, 1.165) is 0 Å². The highest BCUT2D eigenvalue weighted by atomic mass is 16.6. The van der Waals surface area contributed by atoms with E-state index in [2.05, 4.69) is 5.32 Å². The van der Waals surface area contributed by atoms with Crippen LogP contribution in [0.5, 0.6) is 5.75 Å². The fraction of sp³-hybridized carbons (Fsp3) is 0.294. The van der Waals surface area contributed by atoms with Gasteiger partial charge in [-0.2, -0.15) is 0 Å². The van der Waals surface area contributed by atoms with Crippen LogP contribution >= 0.6 is 0 Å². The monoisotopic (exact) mass is 331 g/mol. The molecule has 0 fully saturated rings. The summed E-state index contributed by atoms with van der Waals surface area (Å²) in [6.45, 7) is 0.505. The van der Waals surface area contributed by atoms with E-state index in [1.807, 2.05) is 18.2 Å². The molecule has 0 radical (unpaired) electrons. The van der Waals surface area contributed by atoms with E-state index < -0.39 is 17.1 Å². The van der Waals surface area contributed by atoms with E-state index >= 15 is 0 Å². The first-order valence-electron chi connectivity index (χ1n) is 7.66. The first kappa shape index (κ1) is 17.7. The van der Waals surface area contributed by atoms with E-state index in [1.54, 1.807) is 30.3 Å². The second kappa shape index (κ2) is 8.85. The number of rotatable bonds is 9. The first-order valence-corrected chi connectivity index (χ1v) is 7.66. The molecule has 0 amide bonds. The average molecular weight is 331 g/mol. The number of hydrogen-bond acceptors (Lipinski definition) is 6. The number of hydrogen-bond donors (Lipinski definition) is 3. The van der Waals surface area contributed by atoms with Crippen LogP contribution in [0.4, 0.5) is 11.4 Å². The molecular formula is C17H21N3O4. The molecule has 0 heterocycles. The predicted molar refractivity (Wildman–Crippen MR) is 92.1 cm³/mol.